The van der Waals surface area contributed by atoms with Crippen molar-refractivity contribution in [2.45, 2.75) is 35.9 Å². The molecule has 6 nitrogen and oxygen atoms in total. The molecule has 7 heteroatoms. The van der Waals surface area contributed by atoms with E-state index in [2.05, 4.69) is 4.99 Å². The van der Waals surface area contributed by atoms with Gasteiger partial charge in [0.15, 0.2) is 15.8 Å². The van der Waals surface area contributed by atoms with E-state index in [1.54, 1.807) is 0 Å². The highest BCUT2D eigenvalue weighted by Gasteiger charge is 2.52. The number of fused-ring (bicyclic) bond motifs is 1. The Hall–Kier alpha value is -0.820. The van der Waals surface area contributed by atoms with Crippen LogP contribution in [0.25, 0.3) is 0 Å². The van der Waals surface area contributed by atoms with E-state index in [9.17, 15) is 13.5 Å². The maximum atomic E-state index is 12.1. The topological polar surface area (TPSA) is 119 Å². The Balaban J connectivity index is 2.16. The summed E-state index contributed by atoms with van der Waals surface area (Å²) in [5, 5.41) is 8.76. The van der Waals surface area contributed by atoms with Crippen LogP contribution < -0.4 is 11.5 Å². The van der Waals surface area contributed by atoms with Crippen LogP contribution >= 0.6 is 0 Å². The van der Waals surface area contributed by atoms with Gasteiger partial charge in [-0.05, 0) is 19.3 Å². The van der Waals surface area contributed by atoms with E-state index in [0.717, 1.165) is 0 Å². The molecule has 2 fully saturated rings. The fraction of sp³-hybridized carbons (Fsp3) is 0.889. The quantitative estimate of drug-likeness (QED) is 0.409. The van der Waals surface area contributed by atoms with Crippen molar-refractivity contribution < 1.29 is 13.5 Å². The lowest BCUT2D eigenvalue weighted by Crippen LogP contribution is -2.28. The van der Waals surface area contributed by atoms with Gasteiger partial charge in [0.1, 0.15) is 0 Å². The second-order valence-corrected chi connectivity index (χ2v) is 7.01. The predicted octanol–water partition coefficient (Wildman–Crippen LogP) is -1.41. The summed E-state index contributed by atoms with van der Waals surface area (Å²) in [4.78, 5) is 3.77. The molecule has 1 aliphatic carbocycles. The summed E-state index contributed by atoms with van der Waals surface area (Å²) in [6, 6.07) is 0. The molecule has 1 saturated carbocycles. The molecule has 0 aromatic carbocycles. The third kappa shape index (κ3) is 1.78. The Kier molecular flexibility index (Phi) is 2.83. The Morgan fingerprint density at radius 2 is 2.06 bits per heavy atom. The Bertz CT molecular complexity index is 402. The molecule has 1 aliphatic heterocycles. The zero-order valence-corrected chi connectivity index (χ0v) is 9.73. The van der Waals surface area contributed by atoms with E-state index in [1.807, 2.05) is 0 Å². The van der Waals surface area contributed by atoms with Gasteiger partial charge < -0.3 is 16.6 Å². The summed E-state index contributed by atoms with van der Waals surface area (Å²) in [6.45, 7) is 0.115. The molecule has 1 saturated heterocycles. The highest BCUT2D eigenvalue weighted by atomic mass is 32.2. The number of rotatable bonds is 2. The zero-order chi connectivity index (χ0) is 11.9. The van der Waals surface area contributed by atoms with Gasteiger partial charge in [0.25, 0.3) is 0 Å². The van der Waals surface area contributed by atoms with Gasteiger partial charge in [0.05, 0.1) is 23.1 Å². The molecule has 92 valence electrons. The Morgan fingerprint density at radius 1 is 1.38 bits per heavy atom. The monoisotopic (exact) mass is 247 g/mol. The van der Waals surface area contributed by atoms with E-state index in [1.165, 1.54) is 0 Å². The predicted molar refractivity (Wildman–Crippen MR) is 60.5 cm³/mol. The van der Waals surface area contributed by atoms with Gasteiger partial charge in [-0.25, -0.2) is 8.42 Å². The molecule has 1 heterocycles. The number of sulfone groups is 1. The highest BCUT2D eigenvalue weighted by molar-refractivity contribution is 7.93. The number of guanidine groups is 1. The number of aliphatic hydroxyl groups is 1. The first-order chi connectivity index (χ1) is 7.43. The summed E-state index contributed by atoms with van der Waals surface area (Å²) in [5.41, 5.74) is 10.4. The summed E-state index contributed by atoms with van der Waals surface area (Å²) in [5.74, 6) is -0.211. The maximum Gasteiger partial charge on any atom is 0.185 e. The van der Waals surface area contributed by atoms with E-state index in [4.69, 9.17) is 11.5 Å². The van der Waals surface area contributed by atoms with Crippen molar-refractivity contribution >= 4 is 15.8 Å². The molecule has 0 aromatic heterocycles. The van der Waals surface area contributed by atoms with Gasteiger partial charge in [-0.15, -0.1) is 0 Å². The summed E-state index contributed by atoms with van der Waals surface area (Å²) in [6.07, 6.45) is 1.14. The normalized spacial score (nSPS) is 40.6. The molecule has 2 rings (SSSR count). The van der Waals surface area contributed by atoms with Crippen LogP contribution in [0.1, 0.15) is 19.3 Å². The summed E-state index contributed by atoms with van der Waals surface area (Å²) in [7, 11) is -3.17. The lowest BCUT2D eigenvalue weighted by Gasteiger charge is -2.10. The smallest absolute Gasteiger partial charge is 0.185 e. The van der Waals surface area contributed by atoms with Crippen LogP contribution in [0.4, 0.5) is 0 Å². The van der Waals surface area contributed by atoms with Gasteiger partial charge in [-0.3, -0.25) is 4.99 Å². The minimum Gasteiger partial charge on any atom is -0.393 e. The van der Waals surface area contributed by atoms with Crippen molar-refractivity contribution in [3.05, 3.63) is 0 Å². The molecule has 0 radical (unpaired) electrons. The second-order valence-electron chi connectivity index (χ2n) is 4.56. The van der Waals surface area contributed by atoms with Crippen molar-refractivity contribution in [1.29, 1.82) is 0 Å². The highest BCUT2D eigenvalue weighted by Crippen LogP contribution is 2.43. The standard InChI is InChI=1S/C9H17N3O3S/c10-9(11)12-4-5-3-6-7(13)1-2-8(6)16(5,14)15/h5-8,13H,1-4H2,(H4,10,11,12)/t5-,6?,7?,8?/m1/s1. The molecule has 0 aromatic rings. The fourth-order valence-corrected chi connectivity index (χ4v) is 5.31. The molecule has 5 N–H and O–H groups in total. The average Bonchev–Trinajstić information content (AvgIpc) is 2.65. The largest absolute Gasteiger partial charge is 0.393 e. The van der Waals surface area contributed by atoms with Crippen LogP contribution in [0.3, 0.4) is 0 Å². The zero-order valence-electron chi connectivity index (χ0n) is 8.91. The fourth-order valence-electron chi connectivity index (χ4n) is 2.80. The van der Waals surface area contributed by atoms with Gasteiger partial charge in [-0.1, -0.05) is 0 Å². The molecule has 4 atom stereocenters. The van der Waals surface area contributed by atoms with Gasteiger partial charge in [-0.2, -0.15) is 0 Å². The SMILES string of the molecule is NC(N)=NC[C@H]1CC2C(O)CCC2S1(=O)=O. The number of hydrogen-bond acceptors (Lipinski definition) is 4. The minimum absolute atomic E-state index is 0.0900. The van der Waals surface area contributed by atoms with Gasteiger partial charge in [0, 0.05) is 5.92 Å². The minimum atomic E-state index is -3.17. The number of nitrogens with two attached hydrogens (primary N) is 2. The first-order valence-electron chi connectivity index (χ1n) is 5.39. The molecule has 2 aliphatic rings. The molecule has 0 bridgehead atoms. The van der Waals surface area contributed by atoms with Gasteiger partial charge >= 0.3 is 0 Å². The molecule has 3 unspecified atom stereocenters. The maximum absolute atomic E-state index is 12.1. The number of aliphatic imine (C=N–C) groups is 1. The molecule has 16 heavy (non-hydrogen) atoms. The molecular formula is C9H17N3O3S. The molecular weight excluding hydrogens is 230 g/mol. The summed E-state index contributed by atoms with van der Waals surface area (Å²) < 4.78 is 24.1. The first-order valence-corrected chi connectivity index (χ1v) is 7.00. The third-order valence-corrected chi connectivity index (χ3v) is 6.32. The van der Waals surface area contributed by atoms with Crippen LogP contribution in [-0.4, -0.2) is 42.6 Å². The number of hydrogen-bond donors (Lipinski definition) is 3. The average molecular weight is 247 g/mol. The third-order valence-electron chi connectivity index (χ3n) is 3.62. The first kappa shape index (κ1) is 11.7. The van der Waals surface area contributed by atoms with Gasteiger partial charge in [0.2, 0.25) is 0 Å². The van der Waals surface area contributed by atoms with Crippen LogP contribution in [0.15, 0.2) is 4.99 Å². The van der Waals surface area contributed by atoms with Crippen molar-refractivity contribution in [2.75, 3.05) is 6.54 Å². The van der Waals surface area contributed by atoms with E-state index >= 15 is 0 Å². The van der Waals surface area contributed by atoms with Crippen LogP contribution in [0, 0.1) is 5.92 Å². The molecule has 0 spiro atoms. The van der Waals surface area contributed by atoms with Crippen LogP contribution in [-0.2, 0) is 9.84 Å². The van der Waals surface area contributed by atoms with Crippen molar-refractivity contribution in [3.63, 3.8) is 0 Å². The lowest BCUT2D eigenvalue weighted by atomic mass is 10.00. The Labute approximate surface area is 94.6 Å². The van der Waals surface area contributed by atoms with Crippen LogP contribution in [0.5, 0.6) is 0 Å². The second kappa shape index (κ2) is 3.89. The van der Waals surface area contributed by atoms with Crippen molar-refractivity contribution in [3.8, 4) is 0 Å². The number of aliphatic hydroxyl groups excluding tert-OH is 1. The van der Waals surface area contributed by atoms with Crippen molar-refractivity contribution in [2.24, 2.45) is 22.4 Å². The molecule has 0 amide bonds. The van der Waals surface area contributed by atoms with E-state index in [0.29, 0.717) is 19.3 Å². The van der Waals surface area contributed by atoms with E-state index in [-0.39, 0.29) is 23.7 Å². The Morgan fingerprint density at radius 3 is 2.62 bits per heavy atom. The number of nitrogens with zero attached hydrogens (tertiary/aromatic N) is 1. The van der Waals surface area contributed by atoms with Crippen molar-refractivity contribution in [1.82, 2.24) is 0 Å². The van der Waals surface area contributed by atoms with E-state index < -0.39 is 21.2 Å². The lowest BCUT2D eigenvalue weighted by molar-refractivity contribution is 0.132. The summed E-state index contributed by atoms with van der Waals surface area (Å²) >= 11 is 0. The van der Waals surface area contributed by atoms with Crippen LogP contribution in [0.2, 0.25) is 0 Å².